The fourth-order valence-corrected chi connectivity index (χ4v) is 4.24. The molecule has 3 aromatic rings. The molecule has 0 N–H and O–H groups in total. The predicted molar refractivity (Wildman–Crippen MR) is 105 cm³/mol. The minimum Gasteiger partial charge on any atom is -0.378 e. The summed E-state index contributed by atoms with van der Waals surface area (Å²) in [7, 11) is 1.89. The number of ether oxygens (including phenoxy) is 1. The summed E-state index contributed by atoms with van der Waals surface area (Å²) in [6.07, 6.45) is 3.78. The van der Waals surface area contributed by atoms with Crippen LogP contribution in [0.2, 0.25) is 0 Å². The van der Waals surface area contributed by atoms with E-state index in [1.165, 1.54) is 0 Å². The van der Waals surface area contributed by atoms with Gasteiger partial charge in [-0.1, -0.05) is 30.3 Å². The zero-order valence-corrected chi connectivity index (χ0v) is 15.9. The second kappa shape index (κ2) is 7.00. The SMILES string of the molecule is CN1C(=O)[C@H]2COC[C@@H]1CN(Cc1c(-c3ccccc3)nc3ncccn13)C2. The van der Waals surface area contributed by atoms with Gasteiger partial charge < -0.3 is 9.64 Å². The molecule has 2 saturated heterocycles. The number of imidazole rings is 1. The molecule has 4 heterocycles. The lowest BCUT2D eigenvalue weighted by atomic mass is 10.1. The molecule has 2 atom stereocenters. The van der Waals surface area contributed by atoms with Crippen LogP contribution in [0.4, 0.5) is 0 Å². The lowest BCUT2D eigenvalue weighted by molar-refractivity contribution is -0.133. The smallest absolute Gasteiger partial charge is 0.234 e. The molecule has 2 fully saturated rings. The molecule has 7 nitrogen and oxygen atoms in total. The van der Waals surface area contributed by atoms with Crippen LogP contribution in [0, 0.1) is 5.92 Å². The van der Waals surface area contributed by atoms with Crippen molar-refractivity contribution in [1.82, 2.24) is 24.2 Å². The maximum Gasteiger partial charge on any atom is 0.234 e. The predicted octanol–water partition coefficient (Wildman–Crippen LogP) is 1.69. The first kappa shape index (κ1) is 17.3. The van der Waals surface area contributed by atoms with Gasteiger partial charge in [-0.05, 0) is 6.07 Å². The first-order valence-corrected chi connectivity index (χ1v) is 9.65. The highest BCUT2D eigenvalue weighted by Gasteiger charge is 2.37. The monoisotopic (exact) mass is 377 g/mol. The van der Waals surface area contributed by atoms with Crippen LogP contribution < -0.4 is 0 Å². The number of fused-ring (bicyclic) bond motifs is 4. The molecule has 28 heavy (non-hydrogen) atoms. The number of carbonyl (C=O) groups excluding carboxylic acids is 1. The van der Waals surface area contributed by atoms with Crippen molar-refractivity contribution in [3.8, 4) is 11.3 Å². The lowest BCUT2D eigenvalue weighted by Gasteiger charge is -2.29. The molecule has 2 aliphatic heterocycles. The molecule has 0 radical (unpaired) electrons. The van der Waals surface area contributed by atoms with Crippen LogP contribution in [-0.2, 0) is 16.1 Å². The van der Waals surface area contributed by atoms with E-state index >= 15 is 0 Å². The number of hydrogen-bond acceptors (Lipinski definition) is 5. The number of benzene rings is 1. The Labute approximate surface area is 163 Å². The molecule has 0 aliphatic carbocycles. The van der Waals surface area contributed by atoms with Crippen molar-refractivity contribution in [2.75, 3.05) is 33.4 Å². The topological polar surface area (TPSA) is 63.0 Å². The van der Waals surface area contributed by atoms with E-state index in [9.17, 15) is 4.79 Å². The number of nitrogens with zero attached hydrogens (tertiary/aromatic N) is 5. The van der Waals surface area contributed by atoms with Crippen LogP contribution in [0.15, 0.2) is 48.8 Å². The third-order valence-corrected chi connectivity index (χ3v) is 5.74. The van der Waals surface area contributed by atoms with Gasteiger partial charge >= 0.3 is 0 Å². The Hall–Kier alpha value is -2.77. The summed E-state index contributed by atoms with van der Waals surface area (Å²) in [5, 5.41) is 0. The molecule has 2 bridgehead atoms. The molecular formula is C21H23N5O2. The lowest BCUT2D eigenvalue weighted by Crippen LogP contribution is -2.43. The largest absolute Gasteiger partial charge is 0.378 e. The van der Waals surface area contributed by atoms with E-state index < -0.39 is 0 Å². The van der Waals surface area contributed by atoms with Crippen molar-refractivity contribution < 1.29 is 9.53 Å². The van der Waals surface area contributed by atoms with E-state index in [2.05, 4.69) is 26.4 Å². The van der Waals surface area contributed by atoms with Crippen LogP contribution in [-0.4, -0.2) is 69.5 Å². The first-order chi connectivity index (χ1) is 13.7. The zero-order chi connectivity index (χ0) is 19.1. The third-order valence-electron chi connectivity index (χ3n) is 5.74. The molecule has 144 valence electrons. The van der Waals surface area contributed by atoms with E-state index in [1.54, 1.807) is 6.20 Å². The molecule has 2 aromatic heterocycles. The highest BCUT2D eigenvalue weighted by Crippen LogP contribution is 2.27. The van der Waals surface area contributed by atoms with Gasteiger partial charge in [-0.3, -0.25) is 14.1 Å². The Morgan fingerprint density at radius 3 is 2.86 bits per heavy atom. The average Bonchev–Trinajstić information content (AvgIpc) is 2.96. The van der Waals surface area contributed by atoms with Crippen molar-refractivity contribution in [3.05, 3.63) is 54.5 Å². The van der Waals surface area contributed by atoms with E-state index in [1.807, 2.05) is 42.4 Å². The highest BCUT2D eigenvalue weighted by molar-refractivity contribution is 5.80. The van der Waals surface area contributed by atoms with E-state index in [-0.39, 0.29) is 17.9 Å². The van der Waals surface area contributed by atoms with Crippen molar-refractivity contribution in [2.45, 2.75) is 12.6 Å². The van der Waals surface area contributed by atoms with Crippen LogP contribution in [0.5, 0.6) is 0 Å². The summed E-state index contributed by atoms with van der Waals surface area (Å²) < 4.78 is 7.79. The summed E-state index contributed by atoms with van der Waals surface area (Å²) >= 11 is 0. The Kier molecular flexibility index (Phi) is 4.33. The van der Waals surface area contributed by atoms with E-state index in [0.717, 1.165) is 23.5 Å². The zero-order valence-electron chi connectivity index (χ0n) is 15.9. The van der Waals surface area contributed by atoms with Crippen LogP contribution in [0.3, 0.4) is 0 Å². The third kappa shape index (κ3) is 2.96. The van der Waals surface area contributed by atoms with Gasteiger partial charge in [-0.25, -0.2) is 9.97 Å². The molecule has 0 unspecified atom stereocenters. The van der Waals surface area contributed by atoms with Crippen LogP contribution in [0.1, 0.15) is 5.69 Å². The molecule has 0 saturated carbocycles. The van der Waals surface area contributed by atoms with Gasteiger partial charge in [0.15, 0.2) is 0 Å². The van der Waals surface area contributed by atoms with Crippen LogP contribution in [0.25, 0.3) is 17.0 Å². The number of hydrogen-bond donors (Lipinski definition) is 0. The summed E-state index contributed by atoms with van der Waals surface area (Å²) in [5.41, 5.74) is 3.13. The number of rotatable bonds is 3. The molecule has 1 aromatic carbocycles. The number of aromatic nitrogens is 3. The van der Waals surface area contributed by atoms with E-state index in [4.69, 9.17) is 9.72 Å². The summed E-state index contributed by atoms with van der Waals surface area (Å²) in [4.78, 5) is 26.1. The maximum atomic E-state index is 12.7. The van der Waals surface area contributed by atoms with Gasteiger partial charge in [0.1, 0.15) is 0 Å². The van der Waals surface area contributed by atoms with Crippen LogP contribution >= 0.6 is 0 Å². The minimum atomic E-state index is -0.116. The van der Waals surface area contributed by atoms with Gasteiger partial charge in [0.25, 0.3) is 0 Å². The number of carbonyl (C=O) groups is 1. The Balaban J connectivity index is 1.54. The van der Waals surface area contributed by atoms with Gasteiger partial charge in [0.05, 0.1) is 36.6 Å². The summed E-state index contributed by atoms with van der Waals surface area (Å²) in [6.45, 7) is 3.29. The fraction of sp³-hybridized carbons (Fsp3) is 0.381. The maximum absolute atomic E-state index is 12.7. The Morgan fingerprint density at radius 1 is 1.14 bits per heavy atom. The molecule has 5 rings (SSSR count). The van der Waals surface area contributed by atoms with Crippen molar-refractivity contribution in [3.63, 3.8) is 0 Å². The Bertz CT molecular complexity index is 1000. The van der Waals surface area contributed by atoms with Crippen molar-refractivity contribution >= 4 is 11.7 Å². The van der Waals surface area contributed by atoms with E-state index in [0.29, 0.717) is 32.1 Å². The second-order valence-electron chi connectivity index (χ2n) is 7.59. The quantitative estimate of drug-likeness (QED) is 0.695. The highest BCUT2D eigenvalue weighted by atomic mass is 16.5. The molecule has 7 heteroatoms. The molecule has 0 spiro atoms. The number of likely N-dealkylation sites (N-methyl/N-ethyl adjacent to an activating group) is 1. The standard InChI is InChI=1S/C21H23N5O2/c1-24-17-11-25(10-16(20(24)27)13-28-14-17)12-18-19(15-6-3-2-4-7-15)23-21-22-8-5-9-26(18)21/h2-9,16-17H,10-14H2,1H3/t16-,17+/m1/s1. The second-order valence-corrected chi connectivity index (χ2v) is 7.59. The first-order valence-electron chi connectivity index (χ1n) is 9.65. The summed E-state index contributed by atoms with van der Waals surface area (Å²) in [5.74, 6) is 0.769. The van der Waals surface area contributed by atoms with Gasteiger partial charge in [-0.15, -0.1) is 0 Å². The van der Waals surface area contributed by atoms with Gasteiger partial charge in [0, 0.05) is 44.6 Å². The molecular weight excluding hydrogens is 354 g/mol. The van der Waals surface area contributed by atoms with Crippen molar-refractivity contribution in [2.24, 2.45) is 5.92 Å². The minimum absolute atomic E-state index is 0.0810. The average molecular weight is 377 g/mol. The van der Waals surface area contributed by atoms with Gasteiger partial charge in [-0.2, -0.15) is 0 Å². The Morgan fingerprint density at radius 2 is 2.00 bits per heavy atom. The normalized spacial score (nSPS) is 23.2. The number of amides is 1. The molecule has 2 aliphatic rings. The summed E-state index contributed by atoms with van der Waals surface area (Å²) in [6, 6.07) is 12.2. The van der Waals surface area contributed by atoms with Gasteiger partial charge in [0.2, 0.25) is 11.7 Å². The molecule has 1 amide bonds. The fourth-order valence-electron chi connectivity index (χ4n) is 4.24. The van der Waals surface area contributed by atoms with Crippen molar-refractivity contribution in [1.29, 1.82) is 0 Å².